The summed E-state index contributed by atoms with van der Waals surface area (Å²) in [5.41, 5.74) is 0. The molecule has 1 saturated carbocycles. The number of likely N-dealkylation sites (tertiary alicyclic amines) is 1. The van der Waals surface area contributed by atoms with Gasteiger partial charge in [0.05, 0.1) is 12.7 Å². The number of cyclic esters (lactones) is 1. The van der Waals surface area contributed by atoms with Crippen molar-refractivity contribution in [2.24, 2.45) is 5.92 Å². The highest BCUT2D eigenvalue weighted by molar-refractivity contribution is 5.77. The van der Waals surface area contributed by atoms with E-state index in [2.05, 4.69) is 4.90 Å². The number of ether oxygens (including phenoxy) is 1. The monoisotopic (exact) mass is 239 g/mol. The molecule has 0 bridgehead atoms. The maximum absolute atomic E-state index is 11.7. The lowest BCUT2D eigenvalue weighted by molar-refractivity contribution is -0.143. The van der Waals surface area contributed by atoms with Crippen LogP contribution in [0.15, 0.2) is 0 Å². The van der Waals surface area contributed by atoms with Crippen LogP contribution in [0.1, 0.15) is 38.5 Å². The zero-order chi connectivity index (χ0) is 11.8. The smallest absolute Gasteiger partial charge is 0.323 e. The Morgan fingerprint density at radius 2 is 2.06 bits per heavy atom. The van der Waals surface area contributed by atoms with Crippen LogP contribution in [-0.2, 0) is 9.53 Å². The summed E-state index contributed by atoms with van der Waals surface area (Å²) >= 11 is 0. The first-order chi connectivity index (χ1) is 8.27. The Kier molecular flexibility index (Phi) is 3.09. The Morgan fingerprint density at radius 1 is 1.18 bits per heavy atom. The van der Waals surface area contributed by atoms with Crippen LogP contribution >= 0.6 is 0 Å². The van der Waals surface area contributed by atoms with Crippen LogP contribution in [0.25, 0.3) is 0 Å². The molecule has 17 heavy (non-hydrogen) atoms. The molecule has 1 N–H and O–H groups in total. The standard InChI is InChI=1S/C13H21NO3/c15-12-5-1-3-9(12)10-4-2-7-14(10)11-6-8-17-13(11)16/h9-12,15H,1-8H2. The molecule has 4 atom stereocenters. The van der Waals surface area contributed by atoms with Gasteiger partial charge in [-0.2, -0.15) is 0 Å². The van der Waals surface area contributed by atoms with E-state index in [4.69, 9.17) is 4.74 Å². The van der Waals surface area contributed by atoms with Crippen LogP contribution in [0, 0.1) is 5.92 Å². The minimum absolute atomic E-state index is 0.0321. The quantitative estimate of drug-likeness (QED) is 0.728. The first-order valence-electron chi connectivity index (χ1n) is 6.88. The molecule has 3 rings (SSSR count). The number of aliphatic hydroxyl groups excluding tert-OH is 1. The lowest BCUT2D eigenvalue weighted by Crippen LogP contribution is -2.46. The summed E-state index contributed by atoms with van der Waals surface area (Å²) in [4.78, 5) is 14.0. The van der Waals surface area contributed by atoms with Gasteiger partial charge in [0.15, 0.2) is 0 Å². The summed E-state index contributed by atoms with van der Waals surface area (Å²) in [5.74, 6) is 0.329. The molecule has 0 radical (unpaired) electrons. The highest BCUT2D eigenvalue weighted by atomic mass is 16.5. The molecular formula is C13H21NO3. The van der Waals surface area contributed by atoms with Crippen LogP contribution in [0.5, 0.6) is 0 Å². The molecule has 3 aliphatic rings. The molecule has 0 aromatic carbocycles. The second-order valence-electron chi connectivity index (χ2n) is 5.58. The first-order valence-corrected chi connectivity index (χ1v) is 6.88. The summed E-state index contributed by atoms with van der Waals surface area (Å²) in [7, 11) is 0. The number of hydrogen-bond acceptors (Lipinski definition) is 4. The van der Waals surface area contributed by atoms with Gasteiger partial charge in [0, 0.05) is 18.4 Å². The number of esters is 1. The van der Waals surface area contributed by atoms with Gasteiger partial charge in [0.25, 0.3) is 0 Å². The van der Waals surface area contributed by atoms with Gasteiger partial charge in [-0.3, -0.25) is 9.69 Å². The summed E-state index contributed by atoms with van der Waals surface area (Å²) in [6.07, 6.45) is 6.14. The molecular weight excluding hydrogens is 218 g/mol. The Hall–Kier alpha value is -0.610. The van der Waals surface area contributed by atoms with E-state index in [9.17, 15) is 9.90 Å². The highest BCUT2D eigenvalue weighted by Crippen LogP contribution is 2.37. The fourth-order valence-electron chi connectivity index (χ4n) is 3.87. The molecule has 1 aliphatic carbocycles. The predicted octanol–water partition coefficient (Wildman–Crippen LogP) is 0.927. The van der Waals surface area contributed by atoms with E-state index in [0.29, 0.717) is 18.6 Å². The molecule has 2 heterocycles. The summed E-state index contributed by atoms with van der Waals surface area (Å²) in [6.45, 7) is 1.56. The maximum atomic E-state index is 11.7. The zero-order valence-corrected chi connectivity index (χ0v) is 10.2. The van der Waals surface area contributed by atoms with Crippen molar-refractivity contribution in [3.63, 3.8) is 0 Å². The van der Waals surface area contributed by atoms with E-state index >= 15 is 0 Å². The molecule has 0 aromatic rings. The molecule has 96 valence electrons. The second-order valence-corrected chi connectivity index (χ2v) is 5.58. The van der Waals surface area contributed by atoms with E-state index in [0.717, 1.165) is 45.1 Å². The Morgan fingerprint density at radius 3 is 2.71 bits per heavy atom. The topological polar surface area (TPSA) is 49.8 Å². The Balaban J connectivity index is 1.73. The Labute approximate surface area is 102 Å². The molecule has 2 saturated heterocycles. The van der Waals surface area contributed by atoms with E-state index in [-0.39, 0.29) is 18.1 Å². The SMILES string of the molecule is O=C1OCCC1N1CCCC1C1CCCC1O. The van der Waals surface area contributed by atoms with E-state index in [1.165, 1.54) is 0 Å². The minimum Gasteiger partial charge on any atom is -0.464 e. The van der Waals surface area contributed by atoms with E-state index in [1.54, 1.807) is 0 Å². The third-order valence-corrected chi connectivity index (χ3v) is 4.68. The van der Waals surface area contributed by atoms with Gasteiger partial charge in [-0.15, -0.1) is 0 Å². The molecule has 4 heteroatoms. The molecule has 4 nitrogen and oxygen atoms in total. The van der Waals surface area contributed by atoms with Crippen LogP contribution in [-0.4, -0.2) is 47.3 Å². The number of rotatable bonds is 2. The normalized spacial score (nSPS) is 43.2. The highest BCUT2D eigenvalue weighted by Gasteiger charge is 2.44. The second kappa shape index (κ2) is 4.58. The molecule has 4 unspecified atom stereocenters. The van der Waals surface area contributed by atoms with Crippen molar-refractivity contribution in [1.29, 1.82) is 0 Å². The van der Waals surface area contributed by atoms with Crippen molar-refractivity contribution >= 4 is 5.97 Å². The fraction of sp³-hybridized carbons (Fsp3) is 0.923. The molecule has 3 fully saturated rings. The lowest BCUT2D eigenvalue weighted by Gasteiger charge is -2.33. The van der Waals surface area contributed by atoms with Crippen molar-refractivity contribution in [2.75, 3.05) is 13.2 Å². The molecule has 0 spiro atoms. The van der Waals surface area contributed by atoms with Crippen molar-refractivity contribution in [2.45, 2.75) is 56.7 Å². The van der Waals surface area contributed by atoms with Gasteiger partial charge in [-0.25, -0.2) is 0 Å². The van der Waals surface area contributed by atoms with Crippen molar-refractivity contribution in [3.05, 3.63) is 0 Å². The molecule has 0 amide bonds. The molecule has 2 aliphatic heterocycles. The Bertz CT molecular complexity index is 307. The van der Waals surface area contributed by atoms with Gasteiger partial charge in [-0.1, -0.05) is 6.42 Å². The number of carbonyl (C=O) groups is 1. The number of carbonyl (C=O) groups excluding carboxylic acids is 1. The third kappa shape index (κ3) is 1.97. The van der Waals surface area contributed by atoms with Crippen molar-refractivity contribution in [3.8, 4) is 0 Å². The van der Waals surface area contributed by atoms with Crippen molar-refractivity contribution < 1.29 is 14.6 Å². The van der Waals surface area contributed by atoms with Gasteiger partial charge < -0.3 is 9.84 Å². The van der Waals surface area contributed by atoms with Gasteiger partial charge >= 0.3 is 5.97 Å². The average Bonchev–Trinajstić information content (AvgIpc) is 2.97. The van der Waals surface area contributed by atoms with E-state index in [1.807, 2.05) is 0 Å². The summed E-state index contributed by atoms with van der Waals surface area (Å²) < 4.78 is 5.07. The van der Waals surface area contributed by atoms with Gasteiger partial charge in [-0.05, 0) is 32.2 Å². The predicted molar refractivity (Wildman–Crippen MR) is 62.4 cm³/mol. The van der Waals surface area contributed by atoms with Crippen LogP contribution in [0.4, 0.5) is 0 Å². The minimum atomic E-state index is -0.155. The number of aliphatic hydroxyl groups is 1. The molecule has 0 aromatic heterocycles. The number of nitrogens with zero attached hydrogens (tertiary/aromatic N) is 1. The van der Waals surface area contributed by atoms with Gasteiger partial charge in [0.1, 0.15) is 6.04 Å². The van der Waals surface area contributed by atoms with E-state index < -0.39 is 0 Å². The fourth-order valence-corrected chi connectivity index (χ4v) is 3.87. The van der Waals surface area contributed by atoms with Gasteiger partial charge in [0.2, 0.25) is 0 Å². The average molecular weight is 239 g/mol. The van der Waals surface area contributed by atoms with Crippen LogP contribution in [0.2, 0.25) is 0 Å². The van der Waals surface area contributed by atoms with Crippen LogP contribution < -0.4 is 0 Å². The van der Waals surface area contributed by atoms with Crippen LogP contribution in [0.3, 0.4) is 0 Å². The maximum Gasteiger partial charge on any atom is 0.323 e. The summed E-state index contributed by atoms with van der Waals surface area (Å²) in [6, 6.07) is 0.374. The summed E-state index contributed by atoms with van der Waals surface area (Å²) in [5, 5.41) is 10.0. The number of hydrogen-bond donors (Lipinski definition) is 1. The zero-order valence-electron chi connectivity index (χ0n) is 10.2. The largest absolute Gasteiger partial charge is 0.464 e. The first kappa shape index (κ1) is 11.5. The third-order valence-electron chi connectivity index (χ3n) is 4.68. The lowest BCUT2D eigenvalue weighted by atomic mass is 9.93. The van der Waals surface area contributed by atoms with Crippen molar-refractivity contribution in [1.82, 2.24) is 4.90 Å².